The summed E-state index contributed by atoms with van der Waals surface area (Å²) < 4.78 is 2.76. The molecule has 1 rings (SSSR count). The van der Waals surface area contributed by atoms with Crippen LogP contribution >= 0.6 is 0 Å². The van der Waals surface area contributed by atoms with Gasteiger partial charge in [0.1, 0.15) is 0 Å². The lowest BCUT2D eigenvalue weighted by atomic mass is 9.94. The first-order valence-electron chi connectivity index (χ1n) is 12.3. The average Bonchev–Trinajstić information content (AvgIpc) is 2.71. The monoisotopic (exact) mass is 380 g/mol. The fourth-order valence-electron chi connectivity index (χ4n) is 4.30. The largest absolute Gasteiger partial charge is 0.350 e. The molecule has 27 heavy (non-hydrogen) atoms. The van der Waals surface area contributed by atoms with Gasteiger partial charge in [0, 0.05) is 0 Å². The van der Waals surface area contributed by atoms with Crippen LogP contribution in [0.4, 0.5) is 0 Å². The minimum atomic E-state index is 0.741. The van der Waals surface area contributed by atoms with Gasteiger partial charge in [-0.3, -0.25) is 14.4 Å². The third kappa shape index (κ3) is 8.87. The molecular weight excluding hydrogens is 330 g/mol. The zero-order valence-corrected chi connectivity index (χ0v) is 19.4. The molecule has 0 heterocycles. The standard InChI is InChI=1S/C24H50N3/c1-6-10-19-26(20-11-7-2)24(25(5)23-17-15-14-16-18-23)27(21-12-8-3)22-13-9-4/h23H,6-22H2,1-5H3/q+1. The maximum atomic E-state index is 2.76. The Morgan fingerprint density at radius 2 is 1.22 bits per heavy atom. The lowest BCUT2D eigenvalue weighted by Gasteiger charge is -2.35. The van der Waals surface area contributed by atoms with Crippen LogP contribution < -0.4 is 0 Å². The van der Waals surface area contributed by atoms with E-state index in [1.807, 2.05) is 0 Å². The first-order valence-corrected chi connectivity index (χ1v) is 12.3. The third-order valence-electron chi connectivity index (χ3n) is 6.13. The number of hydrogen-bond acceptors (Lipinski definition) is 0. The van der Waals surface area contributed by atoms with Gasteiger partial charge in [0.15, 0.2) is 0 Å². The van der Waals surface area contributed by atoms with Crippen LogP contribution in [0.25, 0.3) is 0 Å². The van der Waals surface area contributed by atoms with Crippen LogP contribution in [0.3, 0.4) is 0 Å². The van der Waals surface area contributed by atoms with Gasteiger partial charge in [0.25, 0.3) is 0 Å². The summed E-state index contributed by atoms with van der Waals surface area (Å²) in [5, 5.41) is 0. The Balaban J connectivity index is 3.18. The highest BCUT2D eigenvalue weighted by atomic mass is 15.4. The van der Waals surface area contributed by atoms with Gasteiger partial charge in [0.05, 0.1) is 39.3 Å². The summed E-state index contributed by atoms with van der Waals surface area (Å²) in [5.41, 5.74) is 0. The van der Waals surface area contributed by atoms with Crippen LogP contribution in [-0.4, -0.2) is 59.6 Å². The minimum Gasteiger partial charge on any atom is -0.265 e. The van der Waals surface area contributed by atoms with Crippen LogP contribution in [0.5, 0.6) is 0 Å². The maximum absolute atomic E-state index is 2.76. The number of unbranched alkanes of at least 4 members (excludes halogenated alkanes) is 4. The molecule has 0 N–H and O–H groups in total. The van der Waals surface area contributed by atoms with Crippen molar-refractivity contribution in [2.24, 2.45) is 0 Å². The van der Waals surface area contributed by atoms with Crippen molar-refractivity contribution in [2.45, 2.75) is 117 Å². The second-order valence-corrected chi connectivity index (χ2v) is 8.59. The van der Waals surface area contributed by atoms with Gasteiger partial charge in [0.2, 0.25) is 0 Å². The normalized spacial score (nSPS) is 15.0. The molecule has 1 aliphatic carbocycles. The van der Waals surface area contributed by atoms with E-state index in [1.54, 1.807) is 5.96 Å². The summed E-state index contributed by atoms with van der Waals surface area (Å²) in [6, 6.07) is 0.741. The summed E-state index contributed by atoms with van der Waals surface area (Å²) in [6.07, 6.45) is 17.4. The Hall–Kier alpha value is -0.730. The molecule has 1 aliphatic rings. The van der Waals surface area contributed by atoms with Crippen molar-refractivity contribution in [2.75, 3.05) is 33.2 Å². The Bertz CT molecular complexity index is 367. The van der Waals surface area contributed by atoms with Crippen molar-refractivity contribution >= 4 is 5.96 Å². The second kappa shape index (κ2) is 15.2. The lowest BCUT2D eigenvalue weighted by molar-refractivity contribution is -0.539. The lowest BCUT2D eigenvalue weighted by Crippen LogP contribution is -2.53. The molecule has 3 heteroatoms. The Kier molecular flexibility index (Phi) is 13.7. The van der Waals surface area contributed by atoms with Crippen LogP contribution in [0.15, 0.2) is 0 Å². The molecular formula is C24H50N3+. The van der Waals surface area contributed by atoms with Crippen LogP contribution in [0.2, 0.25) is 0 Å². The fourth-order valence-corrected chi connectivity index (χ4v) is 4.30. The molecule has 0 aliphatic heterocycles. The van der Waals surface area contributed by atoms with Gasteiger partial charge in [-0.2, -0.15) is 0 Å². The molecule has 0 spiro atoms. The highest BCUT2D eigenvalue weighted by Crippen LogP contribution is 2.23. The summed E-state index contributed by atoms with van der Waals surface area (Å²) in [7, 11) is 2.40. The molecule has 0 amide bonds. The van der Waals surface area contributed by atoms with Gasteiger partial charge in [-0.1, -0.05) is 72.6 Å². The predicted octanol–water partition coefficient (Wildman–Crippen LogP) is 6.12. The third-order valence-corrected chi connectivity index (χ3v) is 6.13. The van der Waals surface area contributed by atoms with Gasteiger partial charge < -0.3 is 0 Å². The molecule has 160 valence electrons. The van der Waals surface area contributed by atoms with E-state index in [0.29, 0.717) is 0 Å². The van der Waals surface area contributed by atoms with E-state index < -0.39 is 0 Å². The van der Waals surface area contributed by atoms with Crippen LogP contribution in [-0.2, 0) is 0 Å². The molecule has 0 aromatic carbocycles. The summed E-state index contributed by atoms with van der Waals surface area (Å²) in [5.74, 6) is 1.56. The summed E-state index contributed by atoms with van der Waals surface area (Å²) in [6.45, 7) is 14.2. The van der Waals surface area contributed by atoms with E-state index >= 15 is 0 Å². The van der Waals surface area contributed by atoms with Crippen molar-refractivity contribution < 1.29 is 4.58 Å². The van der Waals surface area contributed by atoms with E-state index in [-0.39, 0.29) is 0 Å². The highest BCUT2D eigenvalue weighted by molar-refractivity contribution is 5.75. The molecule has 0 aromatic heterocycles. The Labute approximate surface area is 171 Å². The van der Waals surface area contributed by atoms with Crippen LogP contribution in [0, 0.1) is 0 Å². The summed E-state index contributed by atoms with van der Waals surface area (Å²) >= 11 is 0. The minimum absolute atomic E-state index is 0.741. The van der Waals surface area contributed by atoms with Crippen LogP contribution in [0.1, 0.15) is 111 Å². The molecule has 0 saturated heterocycles. The first-order chi connectivity index (χ1) is 13.2. The van der Waals surface area contributed by atoms with Crippen molar-refractivity contribution in [1.29, 1.82) is 0 Å². The molecule has 1 saturated carbocycles. The second-order valence-electron chi connectivity index (χ2n) is 8.59. The molecule has 3 nitrogen and oxygen atoms in total. The highest BCUT2D eigenvalue weighted by Gasteiger charge is 2.32. The van der Waals surface area contributed by atoms with E-state index in [4.69, 9.17) is 0 Å². The SMILES string of the molecule is CCCCN(CCCC)C(N(C)C1CCCCC1)=[N+](CCCC)CCCC. The van der Waals surface area contributed by atoms with Gasteiger partial charge in [-0.25, -0.2) is 0 Å². The Morgan fingerprint density at radius 1 is 0.741 bits per heavy atom. The quantitative estimate of drug-likeness (QED) is 0.216. The topological polar surface area (TPSA) is 9.49 Å². The van der Waals surface area contributed by atoms with Crippen molar-refractivity contribution in [3.63, 3.8) is 0 Å². The fraction of sp³-hybridized carbons (Fsp3) is 0.958. The smallest absolute Gasteiger partial charge is 0.265 e. The van der Waals surface area contributed by atoms with Gasteiger partial charge in [-0.05, 0) is 38.5 Å². The molecule has 0 unspecified atom stereocenters. The molecule has 0 aromatic rings. The van der Waals surface area contributed by atoms with E-state index in [1.165, 1.54) is 110 Å². The van der Waals surface area contributed by atoms with Gasteiger partial charge >= 0.3 is 5.96 Å². The van der Waals surface area contributed by atoms with Crippen molar-refractivity contribution in [3.05, 3.63) is 0 Å². The summed E-state index contributed by atoms with van der Waals surface area (Å²) in [4.78, 5) is 5.46. The van der Waals surface area contributed by atoms with Crippen molar-refractivity contribution in [1.82, 2.24) is 9.80 Å². The molecule has 0 radical (unpaired) electrons. The zero-order valence-electron chi connectivity index (χ0n) is 19.4. The molecule has 0 bridgehead atoms. The predicted molar refractivity (Wildman–Crippen MR) is 121 cm³/mol. The maximum Gasteiger partial charge on any atom is 0.350 e. The number of rotatable bonds is 13. The van der Waals surface area contributed by atoms with Crippen molar-refractivity contribution in [3.8, 4) is 0 Å². The number of guanidine groups is 1. The van der Waals surface area contributed by atoms with E-state index in [0.717, 1.165) is 6.04 Å². The molecule has 1 fully saturated rings. The first kappa shape index (κ1) is 24.3. The number of nitrogens with zero attached hydrogens (tertiary/aromatic N) is 3. The van der Waals surface area contributed by atoms with Gasteiger partial charge in [-0.15, -0.1) is 0 Å². The Morgan fingerprint density at radius 3 is 1.67 bits per heavy atom. The number of hydrogen-bond donors (Lipinski definition) is 0. The average molecular weight is 381 g/mol. The zero-order chi connectivity index (χ0) is 19.9. The van der Waals surface area contributed by atoms with E-state index in [9.17, 15) is 0 Å². The van der Waals surface area contributed by atoms with E-state index in [2.05, 4.69) is 49.1 Å². The molecule has 0 atom stereocenters.